The molecule has 9 nitrogen and oxygen atoms in total. The smallest absolute Gasteiger partial charge is 0.323 e. The molecule has 59 heavy (non-hydrogen) atoms. The Morgan fingerprint density at radius 3 is 1.56 bits per heavy atom. The van der Waals surface area contributed by atoms with Crippen molar-refractivity contribution in [2.75, 3.05) is 0 Å². The molecular formula is C50H44N4O5. The van der Waals surface area contributed by atoms with Gasteiger partial charge in [0.2, 0.25) is 17.7 Å². The fourth-order valence-electron chi connectivity index (χ4n) is 7.00. The number of hydrogen-bond acceptors (Lipinski definition) is 6. The van der Waals surface area contributed by atoms with Crippen LogP contribution in [0.2, 0.25) is 0 Å². The van der Waals surface area contributed by atoms with Crippen molar-refractivity contribution < 1.29 is 23.9 Å². The highest BCUT2D eigenvalue weighted by atomic mass is 16.5. The minimum atomic E-state index is -1.20. The molecule has 7 rings (SSSR count). The molecule has 3 amide bonds. The maximum absolute atomic E-state index is 14.4. The number of ether oxygens (including phenoxy) is 1. The van der Waals surface area contributed by atoms with Crippen molar-refractivity contribution in [2.24, 2.45) is 0 Å². The topological polar surface area (TPSA) is 111 Å². The summed E-state index contributed by atoms with van der Waals surface area (Å²) in [6.45, 7) is 0.662. The van der Waals surface area contributed by atoms with Crippen LogP contribution in [0, 0.1) is 0 Å². The van der Waals surface area contributed by atoms with Gasteiger partial charge >= 0.3 is 5.97 Å². The summed E-state index contributed by atoms with van der Waals surface area (Å²) >= 11 is 0. The van der Waals surface area contributed by atoms with Crippen molar-refractivity contribution in [3.8, 4) is 5.75 Å². The van der Waals surface area contributed by atoms with E-state index in [2.05, 4.69) is 10.3 Å². The van der Waals surface area contributed by atoms with E-state index in [-0.39, 0.29) is 25.8 Å². The van der Waals surface area contributed by atoms with Gasteiger partial charge in [0.15, 0.2) is 0 Å². The first kappa shape index (κ1) is 39.8. The number of nitrogens with zero attached hydrogens (tertiary/aromatic N) is 3. The van der Waals surface area contributed by atoms with Gasteiger partial charge in [0.1, 0.15) is 17.7 Å². The maximum Gasteiger partial charge on any atom is 0.323 e. The lowest BCUT2D eigenvalue weighted by Crippen LogP contribution is -2.54. The first-order valence-corrected chi connectivity index (χ1v) is 19.5. The highest BCUT2D eigenvalue weighted by molar-refractivity contribution is 6.02. The molecule has 1 aromatic heterocycles. The number of carbonyl (C=O) groups excluding carboxylic acids is 4. The molecular weight excluding hydrogens is 737 g/mol. The number of nitrogens with one attached hydrogen (secondary N) is 1. The zero-order valence-electron chi connectivity index (χ0n) is 32.5. The molecule has 294 valence electrons. The lowest BCUT2D eigenvalue weighted by atomic mass is 9.91. The predicted octanol–water partition coefficient (Wildman–Crippen LogP) is 7.74. The molecule has 0 bridgehead atoms. The highest BCUT2D eigenvalue weighted by Crippen LogP contribution is 2.27. The van der Waals surface area contributed by atoms with Gasteiger partial charge in [0.25, 0.3) is 0 Å². The van der Waals surface area contributed by atoms with E-state index in [1.54, 1.807) is 30.6 Å². The van der Waals surface area contributed by atoms with Crippen molar-refractivity contribution in [3.05, 3.63) is 228 Å². The third kappa shape index (κ3) is 10.9. The van der Waals surface area contributed by atoms with E-state index in [0.29, 0.717) is 18.0 Å². The third-order valence-corrected chi connectivity index (χ3v) is 9.96. The van der Waals surface area contributed by atoms with Gasteiger partial charge in [-0.15, -0.1) is 0 Å². The van der Waals surface area contributed by atoms with Gasteiger partial charge in [-0.05, 0) is 45.5 Å². The third-order valence-electron chi connectivity index (χ3n) is 9.96. The van der Waals surface area contributed by atoms with Crippen LogP contribution in [-0.4, -0.2) is 44.2 Å². The van der Waals surface area contributed by atoms with Crippen molar-refractivity contribution in [2.45, 2.75) is 44.3 Å². The van der Waals surface area contributed by atoms with E-state index >= 15 is 0 Å². The van der Waals surface area contributed by atoms with Crippen molar-refractivity contribution in [3.63, 3.8) is 0 Å². The van der Waals surface area contributed by atoms with Crippen LogP contribution in [0.1, 0.15) is 45.0 Å². The van der Waals surface area contributed by atoms with Crippen LogP contribution in [0.4, 0.5) is 0 Å². The molecule has 9 heteroatoms. The van der Waals surface area contributed by atoms with Gasteiger partial charge in [-0.3, -0.25) is 24.1 Å². The van der Waals surface area contributed by atoms with Crippen LogP contribution in [0.15, 0.2) is 188 Å². The molecule has 0 aliphatic heterocycles. The monoisotopic (exact) mass is 780 g/mol. The molecule has 1 heterocycles. The molecule has 0 aliphatic rings. The van der Waals surface area contributed by atoms with Crippen LogP contribution in [-0.2, 0) is 51.5 Å². The molecule has 0 spiro atoms. The number of rotatable bonds is 16. The number of imide groups is 1. The molecule has 7 aromatic rings. The van der Waals surface area contributed by atoms with Crippen LogP contribution in [0.5, 0.6) is 5.75 Å². The summed E-state index contributed by atoms with van der Waals surface area (Å²) in [6.07, 6.45) is 3.41. The normalized spacial score (nSPS) is 11.4. The first-order chi connectivity index (χ1) is 28.9. The van der Waals surface area contributed by atoms with Crippen LogP contribution in [0.25, 0.3) is 0 Å². The van der Waals surface area contributed by atoms with E-state index in [1.165, 1.54) is 0 Å². The minimum Gasteiger partial charge on any atom is -0.426 e. The maximum atomic E-state index is 14.4. The summed E-state index contributed by atoms with van der Waals surface area (Å²) in [7, 11) is 0. The van der Waals surface area contributed by atoms with Crippen molar-refractivity contribution >= 4 is 23.7 Å². The summed E-state index contributed by atoms with van der Waals surface area (Å²) in [6, 6.07) is 52.9. The average molecular weight is 781 g/mol. The van der Waals surface area contributed by atoms with Crippen molar-refractivity contribution in [1.82, 2.24) is 19.8 Å². The summed E-state index contributed by atoms with van der Waals surface area (Å²) in [5, 5.41) is 2.98. The van der Waals surface area contributed by atoms with Crippen LogP contribution >= 0.6 is 0 Å². The molecule has 6 aromatic carbocycles. The van der Waals surface area contributed by atoms with Gasteiger partial charge in [0.05, 0.1) is 24.9 Å². The van der Waals surface area contributed by atoms with E-state index in [4.69, 9.17) is 4.74 Å². The zero-order valence-corrected chi connectivity index (χ0v) is 32.5. The Hall–Kier alpha value is -7.39. The predicted molar refractivity (Wildman–Crippen MR) is 226 cm³/mol. The number of hydrogen-bond donors (Lipinski definition) is 1. The fraction of sp³-hybridized carbons (Fsp3) is 0.140. The largest absolute Gasteiger partial charge is 0.426 e. The standard InChI is InChI=1S/C50H44N4O5/c55-46(30-37-16-6-1-7-17-37)54(47(56)31-38-18-8-2-9-19-38)45(32-43-35-53(36-52-43)34-40-20-10-3-11-21-40)49(57)51-33-39-26-28-44(29-27-39)59-50(58)48(41-22-12-4-13-23-41)42-24-14-5-15-25-42/h1-29,35-36,45,48H,30-34H2,(H,51,57). The molecule has 0 radical (unpaired) electrons. The molecule has 1 N–H and O–H groups in total. The molecule has 0 saturated heterocycles. The molecule has 1 unspecified atom stereocenters. The molecule has 1 atom stereocenters. The van der Waals surface area contributed by atoms with E-state index < -0.39 is 35.7 Å². The number of carbonyl (C=O) groups is 4. The second kappa shape index (κ2) is 19.7. The number of aromatic nitrogens is 2. The minimum absolute atomic E-state index is 0.00751. The van der Waals surface area contributed by atoms with Crippen LogP contribution < -0.4 is 10.1 Å². The number of imidazole rings is 1. The van der Waals surface area contributed by atoms with E-state index in [1.807, 2.05) is 162 Å². The zero-order chi connectivity index (χ0) is 40.8. The summed E-state index contributed by atoms with van der Waals surface area (Å²) < 4.78 is 7.79. The Balaban J connectivity index is 1.11. The number of esters is 1. The van der Waals surface area contributed by atoms with Gasteiger partial charge < -0.3 is 14.6 Å². The quantitative estimate of drug-likeness (QED) is 0.0794. The summed E-state index contributed by atoms with van der Waals surface area (Å²) in [5.74, 6) is -2.16. The Labute approximate surface area is 343 Å². The van der Waals surface area contributed by atoms with Gasteiger partial charge in [-0.25, -0.2) is 4.98 Å². The highest BCUT2D eigenvalue weighted by Gasteiger charge is 2.35. The average Bonchev–Trinajstić information content (AvgIpc) is 3.71. The van der Waals surface area contributed by atoms with Gasteiger partial charge in [-0.2, -0.15) is 0 Å². The SMILES string of the molecule is O=C(Oc1ccc(CNC(=O)C(Cc2cn(Cc3ccccc3)cn2)N(C(=O)Cc2ccccc2)C(=O)Cc2ccccc2)cc1)C(c1ccccc1)c1ccccc1. The Kier molecular flexibility index (Phi) is 13.3. The Morgan fingerprint density at radius 2 is 1.05 bits per heavy atom. The first-order valence-electron chi connectivity index (χ1n) is 19.5. The summed E-state index contributed by atoms with van der Waals surface area (Å²) in [4.78, 5) is 62.1. The molecule has 0 aliphatic carbocycles. The molecule has 0 fully saturated rings. The summed E-state index contributed by atoms with van der Waals surface area (Å²) in [5.41, 5.74) is 5.45. The van der Waals surface area contributed by atoms with E-state index in [0.717, 1.165) is 38.3 Å². The molecule has 0 saturated carbocycles. The van der Waals surface area contributed by atoms with E-state index in [9.17, 15) is 19.2 Å². The van der Waals surface area contributed by atoms with Crippen LogP contribution in [0.3, 0.4) is 0 Å². The van der Waals surface area contributed by atoms with Gasteiger partial charge in [-0.1, -0.05) is 164 Å². The Bertz CT molecular complexity index is 2350. The lowest BCUT2D eigenvalue weighted by molar-refractivity contribution is -0.151. The number of benzene rings is 6. The fourth-order valence-corrected chi connectivity index (χ4v) is 7.00. The van der Waals surface area contributed by atoms with Gasteiger partial charge in [0, 0.05) is 25.7 Å². The second-order valence-electron chi connectivity index (χ2n) is 14.3. The lowest BCUT2D eigenvalue weighted by Gasteiger charge is -2.29. The van der Waals surface area contributed by atoms with Crippen molar-refractivity contribution in [1.29, 1.82) is 0 Å². The Morgan fingerprint density at radius 1 is 0.576 bits per heavy atom. The second-order valence-corrected chi connectivity index (χ2v) is 14.3. The number of amides is 3.